The fraction of sp³-hybridized carbons (Fsp3) is 0.686. The summed E-state index contributed by atoms with van der Waals surface area (Å²) in [5.74, 6) is -1.25. The van der Waals surface area contributed by atoms with Crippen molar-refractivity contribution in [1.82, 2.24) is 5.32 Å². The molecule has 1 aliphatic heterocycles. The normalized spacial score (nSPS) is 19.5. The van der Waals surface area contributed by atoms with Crippen molar-refractivity contribution in [3.63, 3.8) is 0 Å². The van der Waals surface area contributed by atoms with Gasteiger partial charge in [-0.2, -0.15) is 0 Å². The Kier molecular flexibility index (Phi) is 52.4. The van der Waals surface area contributed by atoms with E-state index >= 15 is 0 Å². The van der Waals surface area contributed by atoms with Crippen LogP contribution in [0.4, 0.5) is 0 Å². The molecule has 0 aliphatic carbocycles. The van der Waals surface area contributed by atoms with Crippen LogP contribution < -0.4 is 5.32 Å². The summed E-state index contributed by atoms with van der Waals surface area (Å²) in [5.41, 5.74) is 0. The van der Waals surface area contributed by atoms with E-state index in [1.165, 1.54) is 64.2 Å². The number of hydrogen-bond donors (Lipinski definition) is 6. The highest BCUT2D eigenvalue weighted by Gasteiger charge is 2.47. The van der Waals surface area contributed by atoms with Crippen molar-refractivity contribution in [3.8, 4) is 0 Å². The van der Waals surface area contributed by atoms with Gasteiger partial charge >= 0.3 is 5.97 Å². The van der Waals surface area contributed by atoms with Gasteiger partial charge in [-0.1, -0.05) is 245 Å². The molecular weight excluding hydrogens is 1010 g/mol. The predicted octanol–water partition coefficient (Wildman–Crippen LogP) is 15.8. The number of amides is 1. The van der Waals surface area contributed by atoms with Crippen molar-refractivity contribution in [2.75, 3.05) is 13.2 Å². The topological polar surface area (TPSA) is 175 Å². The van der Waals surface area contributed by atoms with Crippen molar-refractivity contribution in [1.29, 1.82) is 0 Å². The summed E-state index contributed by atoms with van der Waals surface area (Å²) in [7, 11) is 0. The molecule has 0 aromatic rings. The van der Waals surface area contributed by atoms with Gasteiger partial charge < -0.3 is 45.1 Å². The van der Waals surface area contributed by atoms with Gasteiger partial charge in [0.15, 0.2) is 12.4 Å². The predicted molar refractivity (Wildman–Crippen MR) is 338 cm³/mol. The maximum atomic E-state index is 13.4. The monoisotopic (exact) mass is 1130 g/mol. The van der Waals surface area contributed by atoms with Crippen molar-refractivity contribution < 1.29 is 49.3 Å². The summed E-state index contributed by atoms with van der Waals surface area (Å²) in [6.07, 6.45) is 68.0. The molecule has 0 aromatic heterocycles. The first-order chi connectivity index (χ1) is 39.7. The number of aliphatic hydroxyl groups is 5. The third-order valence-corrected chi connectivity index (χ3v) is 14.3. The molecule has 1 saturated heterocycles. The molecule has 0 spiro atoms. The van der Waals surface area contributed by atoms with Crippen LogP contribution >= 0.6 is 0 Å². The average molecular weight is 1130 g/mol. The Balaban J connectivity index is 2.67. The minimum atomic E-state index is -1.64. The second-order valence-electron chi connectivity index (χ2n) is 21.8. The third-order valence-electron chi connectivity index (χ3n) is 14.3. The third kappa shape index (κ3) is 44.3. The van der Waals surface area contributed by atoms with Crippen LogP contribution in [0.2, 0.25) is 0 Å². The number of carbonyl (C=O) groups excluding carboxylic acids is 2. The molecule has 462 valence electrons. The fourth-order valence-corrected chi connectivity index (χ4v) is 9.25. The fourth-order valence-electron chi connectivity index (χ4n) is 9.25. The lowest BCUT2D eigenvalue weighted by Gasteiger charge is -2.41. The number of nitrogens with one attached hydrogen (secondary N) is 1. The Morgan fingerprint density at radius 2 is 0.889 bits per heavy atom. The molecule has 0 bridgehead atoms. The van der Waals surface area contributed by atoms with Gasteiger partial charge in [0.25, 0.3) is 0 Å². The summed E-state index contributed by atoms with van der Waals surface area (Å²) >= 11 is 0. The minimum Gasteiger partial charge on any atom is -0.454 e. The largest absolute Gasteiger partial charge is 0.454 e. The van der Waals surface area contributed by atoms with Crippen LogP contribution in [0.5, 0.6) is 0 Å². The quantitative estimate of drug-likeness (QED) is 0.0195. The van der Waals surface area contributed by atoms with E-state index in [2.05, 4.69) is 135 Å². The first-order valence-electron chi connectivity index (χ1n) is 32.3. The van der Waals surface area contributed by atoms with Crippen LogP contribution in [-0.4, -0.2) is 99.6 Å². The van der Waals surface area contributed by atoms with Crippen LogP contribution in [0, 0.1) is 0 Å². The summed E-state index contributed by atoms with van der Waals surface area (Å²) in [5, 5.41) is 57.0. The van der Waals surface area contributed by atoms with E-state index in [0.717, 1.165) is 135 Å². The van der Waals surface area contributed by atoms with E-state index in [1.807, 2.05) is 6.08 Å². The second kappa shape index (κ2) is 56.5. The van der Waals surface area contributed by atoms with Gasteiger partial charge in [-0.05, 0) is 116 Å². The van der Waals surface area contributed by atoms with E-state index < -0.39 is 67.4 Å². The standard InChI is InChI=1S/C70H117NO10/c1-4-7-10-13-16-19-22-24-26-28-30-31-32-34-35-37-39-42-45-48-51-54-57-63(74)69(78)71-61(62(73)56-53-50-47-44-41-21-18-15-12-9-6-3)60-79-70-68(67(77)66(76)64(59-72)80-70)81-65(75)58-55-52-49-46-43-40-38-36-33-29-27-25-23-20-17-14-11-8-5-2/h8,11,16-17,19-20,24-27,30-31,33-36,40,43,53,56,61-64,66-68,70,72-74,76-77H,4-7,9-10,12-15,18,21-23,28-29,32,37-39,41-42,44-52,54-55,57-60H2,1-3H3,(H,71,78)/b11-8-,19-16-,20-17-,26-24-,27-25-,31-30-,35-34-,36-33-,43-40-,56-53+. The second-order valence-corrected chi connectivity index (χ2v) is 21.8. The molecule has 1 fully saturated rings. The zero-order valence-corrected chi connectivity index (χ0v) is 51.1. The zero-order valence-electron chi connectivity index (χ0n) is 51.1. The summed E-state index contributed by atoms with van der Waals surface area (Å²) < 4.78 is 17.6. The Labute approximate surface area is 493 Å². The van der Waals surface area contributed by atoms with Gasteiger partial charge in [-0.15, -0.1) is 0 Å². The van der Waals surface area contributed by atoms with Crippen LogP contribution in [0.15, 0.2) is 122 Å². The van der Waals surface area contributed by atoms with Crippen LogP contribution in [0.1, 0.15) is 245 Å². The van der Waals surface area contributed by atoms with Gasteiger partial charge in [0.1, 0.15) is 24.4 Å². The van der Waals surface area contributed by atoms with Crippen LogP contribution in [0.3, 0.4) is 0 Å². The van der Waals surface area contributed by atoms with Crippen molar-refractivity contribution >= 4 is 11.9 Å². The molecule has 0 saturated carbocycles. The van der Waals surface area contributed by atoms with E-state index in [4.69, 9.17) is 14.2 Å². The van der Waals surface area contributed by atoms with Crippen molar-refractivity contribution in [2.45, 2.75) is 294 Å². The Hall–Kier alpha value is -3.94. The molecule has 0 aromatic carbocycles. The number of rotatable bonds is 53. The van der Waals surface area contributed by atoms with E-state index in [0.29, 0.717) is 12.8 Å². The molecule has 11 heteroatoms. The average Bonchev–Trinajstić information content (AvgIpc) is 3.50. The Bertz CT molecular complexity index is 1780. The number of carbonyl (C=O) groups is 2. The smallest absolute Gasteiger partial charge is 0.306 e. The lowest BCUT2D eigenvalue weighted by atomic mass is 9.99. The van der Waals surface area contributed by atoms with Gasteiger partial charge in [-0.3, -0.25) is 9.59 Å². The molecule has 81 heavy (non-hydrogen) atoms. The number of aliphatic hydroxyl groups excluding tert-OH is 5. The number of ether oxygens (including phenoxy) is 3. The maximum Gasteiger partial charge on any atom is 0.306 e. The first-order valence-corrected chi connectivity index (χ1v) is 32.3. The number of hydrogen-bond acceptors (Lipinski definition) is 10. The summed E-state index contributed by atoms with van der Waals surface area (Å²) in [6.45, 7) is 5.61. The maximum absolute atomic E-state index is 13.4. The Morgan fingerprint density at radius 1 is 0.494 bits per heavy atom. The highest BCUT2D eigenvalue weighted by atomic mass is 16.7. The van der Waals surface area contributed by atoms with Gasteiger partial charge in [0, 0.05) is 6.42 Å². The molecule has 11 nitrogen and oxygen atoms in total. The Morgan fingerprint density at radius 3 is 1.36 bits per heavy atom. The minimum absolute atomic E-state index is 0.0763. The lowest BCUT2D eigenvalue weighted by molar-refractivity contribution is -0.305. The van der Waals surface area contributed by atoms with Crippen LogP contribution in [0.25, 0.3) is 0 Å². The highest BCUT2D eigenvalue weighted by Crippen LogP contribution is 2.26. The molecule has 1 aliphatic rings. The molecule has 1 heterocycles. The van der Waals surface area contributed by atoms with E-state index in [9.17, 15) is 35.1 Å². The zero-order chi connectivity index (χ0) is 58.9. The lowest BCUT2D eigenvalue weighted by Crippen LogP contribution is -2.61. The van der Waals surface area contributed by atoms with Gasteiger partial charge in [0.05, 0.1) is 25.4 Å². The van der Waals surface area contributed by atoms with Gasteiger partial charge in [-0.25, -0.2) is 0 Å². The molecule has 6 N–H and O–H groups in total. The van der Waals surface area contributed by atoms with Gasteiger partial charge in [0.2, 0.25) is 5.91 Å². The molecule has 8 atom stereocenters. The van der Waals surface area contributed by atoms with E-state index in [1.54, 1.807) is 6.08 Å². The summed E-state index contributed by atoms with van der Waals surface area (Å²) in [4.78, 5) is 26.6. The van der Waals surface area contributed by atoms with Crippen molar-refractivity contribution in [3.05, 3.63) is 122 Å². The molecule has 1 rings (SSSR count). The first kappa shape index (κ1) is 75.1. The molecule has 8 unspecified atom stereocenters. The highest BCUT2D eigenvalue weighted by molar-refractivity contribution is 5.80. The number of allylic oxidation sites excluding steroid dienone is 19. The summed E-state index contributed by atoms with van der Waals surface area (Å²) in [6, 6.07) is -1.05. The number of unbranched alkanes of at least 4 members (excludes halogenated alkanes) is 21. The molecule has 0 radical (unpaired) electrons. The molecular formula is C70H117NO10. The van der Waals surface area contributed by atoms with Crippen molar-refractivity contribution in [2.24, 2.45) is 0 Å². The van der Waals surface area contributed by atoms with E-state index in [-0.39, 0.29) is 19.4 Å². The number of esters is 1. The molecule has 1 amide bonds. The van der Waals surface area contributed by atoms with Crippen LogP contribution in [-0.2, 0) is 23.8 Å². The SMILES string of the molecule is CC/C=C\C/C=C\C/C=C\C/C=C\C/C=C\CCCCCC(=O)OC1C(OCC(NC(=O)C(O)CCCCCCCC/C=C\C/C=C\C/C=C\C/C=C\CCCCC)C(O)/C=C/CCCCCCCCCCC)OC(CO)C(O)C1O.